The first-order valence-electron chi connectivity index (χ1n) is 10.2. The summed E-state index contributed by atoms with van der Waals surface area (Å²) in [6.07, 6.45) is -4.49. The SMILES string of the molecule is CC.CC1(NC(=O)C(F)(F)F)COCCC1CO.Fc1ccc(Br)cc1.Fc1ccccc1. The molecular formula is C23H29BrF5NO3. The summed E-state index contributed by atoms with van der Waals surface area (Å²) in [6.45, 7) is 5.51. The van der Waals surface area contributed by atoms with Crippen LogP contribution in [-0.4, -0.2) is 42.5 Å². The fourth-order valence-electron chi connectivity index (χ4n) is 2.55. The molecule has 33 heavy (non-hydrogen) atoms. The van der Waals surface area contributed by atoms with Gasteiger partial charge in [0.15, 0.2) is 0 Å². The van der Waals surface area contributed by atoms with Crippen molar-refractivity contribution in [1.82, 2.24) is 5.32 Å². The van der Waals surface area contributed by atoms with Gasteiger partial charge in [-0.2, -0.15) is 13.2 Å². The van der Waals surface area contributed by atoms with Crippen LogP contribution in [0.5, 0.6) is 0 Å². The molecule has 1 heterocycles. The Morgan fingerprint density at radius 2 is 1.61 bits per heavy atom. The summed E-state index contributed by atoms with van der Waals surface area (Å²) in [4.78, 5) is 10.8. The molecule has 1 saturated heterocycles. The third-order valence-electron chi connectivity index (χ3n) is 4.33. The van der Waals surface area contributed by atoms with E-state index in [1.165, 1.54) is 31.2 Å². The van der Waals surface area contributed by atoms with Crippen molar-refractivity contribution in [2.45, 2.75) is 38.9 Å². The Hall–Kier alpha value is -2.04. The lowest BCUT2D eigenvalue weighted by Gasteiger charge is -2.41. The standard InChI is InChI=1S/C9H14F3NO3.C6H4BrF.C6H5F.C2H6/c1-8(13-7(15)9(10,11)12)5-16-3-2-6(8)4-14;7-5-1-3-6(8)4-2-5;7-6-4-2-1-3-5-6;1-2/h6,14H,2-5H2,1H3,(H,13,15);1-4H;1-5H;1-2H3. The molecule has 2 aromatic rings. The number of amides is 1. The van der Waals surface area contributed by atoms with Crippen molar-refractivity contribution in [3.8, 4) is 0 Å². The van der Waals surface area contributed by atoms with Crippen molar-refractivity contribution in [3.63, 3.8) is 0 Å². The van der Waals surface area contributed by atoms with E-state index in [0.717, 1.165) is 4.47 Å². The zero-order valence-corrected chi connectivity index (χ0v) is 20.2. The highest BCUT2D eigenvalue weighted by Gasteiger charge is 2.46. The van der Waals surface area contributed by atoms with Gasteiger partial charge in [-0.1, -0.05) is 48.0 Å². The summed E-state index contributed by atoms with van der Waals surface area (Å²) in [5.74, 6) is -2.80. The summed E-state index contributed by atoms with van der Waals surface area (Å²) in [6, 6.07) is 14.1. The molecular weight excluding hydrogens is 513 g/mol. The number of alkyl halides is 3. The molecule has 2 unspecified atom stereocenters. The minimum Gasteiger partial charge on any atom is -0.396 e. The quantitative estimate of drug-likeness (QED) is 0.466. The number of halogens is 6. The van der Waals surface area contributed by atoms with Crippen LogP contribution >= 0.6 is 15.9 Å². The van der Waals surface area contributed by atoms with Gasteiger partial charge in [0.25, 0.3) is 0 Å². The van der Waals surface area contributed by atoms with Crippen LogP contribution in [0.3, 0.4) is 0 Å². The monoisotopic (exact) mass is 541 g/mol. The Kier molecular flexibility index (Phi) is 14.8. The number of hydrogen-bond acceptors (Lipinski definition) is 3. The molecule has 1 aliphatic heterocycles. The van der Waals surface area contributed by atoms with E-state index in [9.17, 15) is 26.7 Å². The number of rotatable bonds is 2. The van der Waals surface area contributed by atoms with Crippen LogP contribution < -0.4 is 5.32 Å². The summed E-state index contributed by atoms with van der Waals surface area (Å²) in [5.41, 5.74) is -1.17. The lowest BCUT2D eigenvalue weighted by atomic mass is 9.82. The number of benzene rings is 2. The van der Waals surface area contributed by atoms with E-state index in [1.54, 1.807) is 30.3 Å². The van der Waals surface area contributed by atoms with Crippen LogP contribution in [0.1, 0.15) is 27.2 Å². The summed E-state index contributed by atoms with van der Waals surface area (Å²) in [7, 11) is 0. The van der Waals surface area contributed by atoms with Gasteiger partial charge in [-0.3, -0.25) is 4.79 Å². The van der Waals surface area contributed by atoms with Gasteiger partial charge in [-0.05, 0) is 49.7 Å². The van der Waals surface area contributed by atoms with Gasteiger partial charge < -0.3 is 15.2 Å². The molecule has 4 nitrogen and oxygen atoms in total. The van der Waals surface area contributed by atoms with Crippen molar-refractivity contribution < 1.29 is 36.6 Å². The molecule has 1 amide bonds. The second kappa shape index (κ2) is 15.7. The zero-order valence-electron chi connectivity index (χ0n) is 18.6. The second-order valence-electron chi connectivity index (χ2n) is 6.82. The number of nitrogens with one attached hydrogen (secondary N) is 1. The first-order valence-corrected chi connectivity index (χ1v) is 11.0. The molecule has 0 bridgehead atoms. The summed E-state index contributed by atoms with van der Waals surface area (Å²) in [5, 5.41) is 10.9. The first kappa shape index (κ1) is 31.0. The molecule has 3 rings (SSSR count). The minimum atomic E-state index is -4.92. The number of aliphatic hydroxyl groups excluding tert-OH is 1. The lowest BCUT2D eigenvalue weighted by molar-refractivity contribution is -0.178. The van der Waals surface area contributed by atoms with Crippen molar-refractivity contribution >= 4 is 21.8 Å². The van der Waals surface area contributed by atoms with Crippen molar-refractivity contribution in [2.75, 3.05) is 19.8 Å². The van der Waals surface area contributed by atoms with E-state index >= 15 is 0 Å². The molecule has 1 fully saturated rings. The molecule has 10 heteroatoms. The van der Waals surface area contributed by atoms with Crippen molar-refractivity contribution in [3.05, 3.63) is 70.7 Å². The molecule has 2 aromatic carbocycles. The smallest absolute Gasteiger partial charge is 0.396 e. The summed E-state index contributed by atoms with van der Waals surface area (Å²) < 4.78 is 66.2. The Bertz CT molecular complexity index is 770. The molecule has 0 aromatic heterocycles. The highest BCUT2D eigenvalue weighted by atomic mass is 79.9. The zero-order chi connectivity index (χ0) is 25.5. The maximum atomic E-state index is 12.1. The van der Waals surface area contributed by atoms with Crippen molar-refractivity contribution in [2.24, 2.45) is 5.92 Å². The molecule has 0 saturated carbocycles. The van der Waals surface area contributed by atoms with Crippen molar-refractivity contribution in [1.29, 1.82) is 0 Å². The van der Waals surface area contributed by atoms with E-state index < -0.39 is 23.5 Å². The fourth-order valence-corrected chi connectivity index (χ4v) is 2.82. The third-order valence-corrected chi connectivity index (χ3v) is 4.86. The van der Waals surface area contributed by atoms with Gasteiger partial charge in [-0.25, -0.2) is 8.78 Å². The first-order chi connectivity index (χ1) is 15.5. The van der Waals surface area contributed by atoms with Gasteiger partial charge in [-0.15, -0.1) is 0 Å². The Balaban J connectivity index is 0.000000500. The number of hydrogen-bond donors (Lipinski definition) is 2. The summed E-state index contributed by atoms with van der Waals surface area (Å²) >= 11 is 3.18. The van der Waals surface area contributed by atoms with Gasteiger partial charge >= 0.3 is 12.1 Å². The average Bonchev–Trinajstić information content (AvgIpc) is 2.78. The van der Waals surface area contributed by atoms with E-state index in [-0.39, 0.29) is 24.8 Å². The van der Waals surface area contributed by atoms with E-state index in [0.29, 0.717) is 13.0 Å². The second-order valence-corrected chi connectivity index (χ2v) is 7.74. The number of carbonyl (C=O) groups is 1. The highest BCUT2D eigenvalue weighted by molar-refractivity contribution is 9.10. The Morgan fingerprint density at radius 3 is 2.00 bits per heavy atom. The Labute approximate surface area is 199 Å². The third kappa shape index (κ3) is 12.7. The molecule has 2 atom stereocenters. The largest absolute Gasteiger partial charge is 0.471 e. The number of aliphatic hydroxyl groups is 1. The maximum absolute atomic E-state index is 12.1. The molecule has 0 aliphatic carbocycles. The minimum absolute atomic E-state index is 0.0277. The van der Waals surface area contributed by atoms with E-state index in [4.69, 9.17) is 9.84 Å². The van der Waals surface area contributed by atoms with Crippen LogP contribution in [0.15, 0.2) is 59.1 Å². The predicted molar refractivity (Wildman–Crippen MR) is 120 cm³/mol. The van der Waals surface area contributed by atoms with Gasteiger partial charge in [0.1, 0.15) is 11.6 Å². The van der Waals surface area contributed by atoms with E-state index in [1.807, 2.05) is 19.2 Å². The Morgan fingerprint density at radius 1 is 1.09 bits per heavy atom. The van der Waals surface area contributed by atoms with Crippen LogP contribution in [0.2, 0.25) is 0 Å². The lowest BCUT2D eigenvalue weighted by Crippen LogP contribution is -2.60. The average molecular weight is 542 g/mol. The topological polar surface area (TPSA) is 58.6 Å². The van der Waals surface area contributed by atoms with Crippen LogP contribution in [0.25, 0.3) is 0 Å². The molecule has 2 N–H and O–H groups in total. The maximum Gasteiger partial charge on any atom is 0.471 e. The normalized spacial score (nSPS) is 19.4. The highest BCUT2D eigenvalue weighted by Crippen LogP contribution is 2.27. The van der Waals surface area contributed by atoms with E-state index in [2.05, 4.69) is 15.9 Å². The van der Waals surface area contributed by atoms with Crippen LogP contribution in [-0.2, 0) is 9.53 Å². The fraction of sp³-hybridized carbons (Fsp3) is 0.435. The van der Waals surface area contributed by atoms with Gasteiger partial charge in [0.05, 0.1) is 12.1 Å². The molecule has 186 valence electrons. The molecule has 0 radical (unpaired) electrons. The van der Waals surface area contributed by atoms with Crippen LogP contribution in [0, 0.1) is 17.6 Å². The molecule has 1 aliphatic rings. The van der Waals surface area contributed by atoms with Gasteiger partial charge in [0.2, 0.25) is 0 Å². The van der Waals surface area contributed by atoms with Gasteiger partial charge in [0, 0.05) is 23.6 Å². The predicted octanol–water partition coefficient (Wildman–Crippen LogP) is 5.89. The van der Waals surface area contributed by atoms with Crippen LogP contribution in [0.4, 0.5) is 22.0 Å². The number of ether oxygens (including phenoxy) is 1. The molecule has 0 spiro atoms. The number of carbonyl (C=O) groups excluding carboxylic acids is 1.